The minimum atomic E-state index is -0.883. The number of nitrogens with zero attached hydrogens (tertiary/aromatic N) is 3. The fraction of sp³-hybridized carbons (Fsp3) is 0.417. The smallest absolute Gasteiger partial charge is 0.308 e. The summed E-state index contributed by atoms with van der Waals surface area (Å²) in [6, 6.07) is 20.9. The van der Waals surface area contributed by atoms with Gasteiger partial charge in [0.2, 0.25) is 5.91 Å². The number of unbranched alkanes of at least 4 members (excludes halogenated alkanes) is 1. The number of benzene rings is 3. The molecule has 0 aromatic heterocycles. The molecule has 3 aliphatic heterocycles. The van der Waals surface area contributed by atoms with E-state index in [1.165, 1.54) is 0 Å². The Morgan fingerprint density at radius 1 is 1.07 bits per heavy atom. The number of rotatable bonds is 12. The summed E-state index contributed by atoms with van der Waals surface area (Å²) in [5.74, 6) is -1.17. The van der Waals surface area contributed by atoms with Crippen LogP contribution in [0.5, 0.6) is 5.75 Å². The quantitative estimate of drug-likeness (QED) is 0.312. The minimum Gasteiger partial charge on any atom is -0.493 e. The Bertz CT molecular complexity index is 1570. The van der Waals surface area contributed by atoms with E-state index in [1.807, 2.05) is 65.6 Å². The molecule has 1 fully saturated rings. The number of carbonyl (C=O) groups excluding carboxylic acids is 2. The van der Waals surface area contributed by atoms with Crippen LogP contribution in [0.15, 0.2) is 66.7 Å². The topological polar surface area (TPSA) is 116 Å². The summed E-state index contributed by atoms with van der Waals surface area (Å²) >= 11 is 0. The van der Waals surface area contributed by atoms with Crippen LogP contribution in [0.4, 0.5) is 5.69 Å². The standard InChI is InChI=1S/C36H42N4O5/c1-2-3-15-40(28-9-6-7-24(18-28)20-37)33(41)23-39-22-30(25-11-12-32-26(19-25)14-17-45-32)34(36(43)44)31(39)13-16-38-21-27-8-4-5-10-29(27)35(38)42/h4-12,18-19,30-31,34H,2-3,13-17,20-23,37H2,1H3,(H,43,44)/t30-,31+,34-/m1/s1. The normalized spacial score (nSPS) is 20.6. The van der Waals surface area contributed by atoms with Gasteiger partial charge >= 0.3 is 5.97 Å². The Labute approximate surface area is 264 Å². The first-order chi connectivity index (χ1) is 21.9. The van der Waals surface area contributed by atoms with E-state index in [2.05, 4.69) is 17.9 Å². The van der Waals surface area contributed by atoms with E-state index in [0.717, 1.165) is 53.0 Å². The maximum Gasteiger partial charge on any atom is 0.308 e. The van der Waals surface area contributed by atoms with E-state index < -0.39 is 17.9 Å². The zero-order valence-electron chi connectivity index (χ0n) is 25.9. The van der Waals surface area contributed by atoms with Crippen LogP contribution in [-0.2, 0) is 29.1 Å². The van der Waals surface area contributed by atoms with Crippen molar-refractivity contribution in [1.82, 2.24) is 9.80 Å². The van der Waals surface area contributed by atoms with E-state index in [-0.39, 0.29) is 24.3 Å². The number of likely N-dealkylation sites (tertiary alicyclic amines) is 1. The molecule has 0 bridgehead atoms. The predicted octanol–water partition coefficient (Wildman–Crippen LogP) is 4.43. The van der Waals surface area contributed by atoms with Crippen LogP contribution in [0, 0.1) is 5.92 Å². The van der Waals surface area contributed by atoms with E-state index >= 15 is 0 Å². The lowest BCUT2D eigenvalue weighted by Gasteiger charge is -2.31. The number of carboxylic acid groups (broad SMARTS) is 1. The molecule has 9 nitrogen and oxygen atoms in total. The van der Waals surface area contributed by atoms with Crippen molar-refractivity contribution in [2.75, 3.05) is 37.7 Å². The lowest BCUT2D eigenvalue weighted by atomic mass is 9.83. The Morgan fingerprint density at radius 3 is 2.69 bits per heavy atom. The summed E-state index contributed by atoms with van der Waals surface area (Å²) in [5, 5.41) is 10.7. The Morgan fingerprint density at radius 2 is 1.91 bits per heavy atom. The summed E-state index contributed by atoms with van der Waals surface area (Å²) < 4.78 is 5.71. The third-order valence-corrected chi connectivity index (χ3v) is 9.60. The molecule has 6 rings (SSSR count). The molecule has 45 heavy (non-hydrogen) atoms. The van der Waals surface area contributed by atoms with Gasteiger partial charge in [0.15, 0.2) is 0 Å². The lowest BCUT2D eigenvalue weighted by molar-refractivity contribution is -0.143. The van der Waals surface area contributed by atoms with Gasteiger partial charge in [-0.05, 0) is 59.4 Å². The number of hydrogen-bond donors (Lipinski definition) is 2. The molecule has 3 aromatic carbocycles. The number of aliphatic carboxylic acids is 1. The van der Waals surface area contributed by atoms with Crippen molar-refractivity contribution in [3.8, 4) is 5.75 Å². The number of fused-ring (bicyclic) bond motifs is 2. The third-order valence-electron chi connectivity index (χ3n) is 9.60. The van der Waals surface area contributed by atoms with Crippen LogP contribution >= 0.6 is 0 Å². The summed E-state index contributed by atoms with van der Waals surface area (Å²) in [7, 11) is 0. The van der Waals surface area contributed by atoms with E-state index in [4.69, 9.17) is 10.5 Å². The molecule has 2 amide bonds. The molecule has 236 valence electrons. The summed E-state index contributed by atoms with van der Waals surface area (Å²) in [5.41, 5.74) is 11.4. The molecule has 0 aliphatic carbocycles. The van der Waals surface area contributed by atoms with Gasteiger partial charge in [-0.2, -0.15) is 0 Å². The maximum absolute atomic E-state index is 14.1. The molecular formula is C36H42N4O5. The van der Waals surface area contributed by atoms with Crippen LogP contribution in [0.1, 0.15) is 64.7 Å². The van der Waals surface area contributed by atoms with Gasteiger partial charge < -0.3 is 25.4 Å². The molecule has 0 spiro atoms. The SMILES string of the molecule is CCCCN(C(=O)CN1C[C@H](c2ccc3c(c2)CCO3)[C@@H](C(=O)O)[C@@H]1CCN1Cc2ccccc2C1=O)c1cccc(CN)c1. The van der Waals surface area contributed by atoms with Crippen LogP contribution < -0.4 is 15.4 Å². The number of carbonyl (C=O) groups is 3. The van der Waals surface area contributed by atoms with Gasteiger partial charge in [-0.1, -0.05) is 55.8 Å². The first-order valence-corrected chi connectivity index (χ1v) is 16.1. The minimum absolute atomic E-state index is 0.0289. The maximum atomic E-state index is 14.1. The molecular weight excluding hydrogens is 568 g/mol. The second kappa shape index (κ2) is 13.4. The average molecular weight is 611 g/mol. The fourth-order valence-corrected chi connectivity index (χ4v) is 7.24. The average Bonchev–Trinajstić information content (AvgIpc) is 3.75. The first-order valence-electron chi connectivity index (χ1n) is 16.1. The van der Waals surface area contributed by atoms with Gasteiger partial charge in [0.05, 0.1) is 19.1 Å². The third kappa shape index (κ3) is 6.32. The second-order valence-corrected chi connectivity index (χ2v) is 12.4. The number of hydrogen-bond acceptors (Lipinski definition) is 6. The van der Waals surface area contributed by atoms with Crippen LogP contribution in [0.25, 0.3) is 0 Å². The summed E-state index contributed by atoms with van der Waals surface area (Å²) in [6.45, 7) is 5.11. The molecule has 9 heteroatoms. The summed E-state index contributed by atoms with van der Waals surface area (Å²) in [6.07, 6.45) is 3.03. The van der Waals surface area contributed by atoms with Crippen LogP contribution in [-0.4, -0.2) is 71.5 Å². The molecule has 3 atom stereocenters. The van der Waals surface area contributed by atoms with Gasteiger partial charge in [-0.3, -0.25) is 19.3 Å². The number of amides is 2. The van der Waals surface area contributed by atoms with Crippen molar-refractivity contribution < 1.29 is 24.2 Å². The zero-order chi connectivity index (χ0) is 31.5. The summed E-state index contributed by atoms with van der Waals surface area (Å²) in [4.78, 5) is 46.0. The van der Waals surface area contributed by atoms with Crippen molar-refractivity contribution in [2.45, 2.75) is 57.7 Å². The van der Waals surface area contributed by atoms with E-state index in [1.54, 1.807) is 4.90 Å². The predicted molar refractivity (Wildman–Crippen MR) is 172 cm³/mol. The lowest BCUT2D eigenvalue weighted by Crippen LogP contribution is -2.45. The molecule has 3 aliphatic rings. The van der Waals surface area contributed by atoms with Crippen molar-refractivity contribution in [2.24, 2.45) is 11.7 Å². The highest BCUT2D eigenvalue weighted by Gasteiger charge is 2.47. The Balaban J connectivity index is 1.28. The Kier molecular flexibility index (Phi) is 9.19. The molecule has 3 heterocycles. The van der Waals surface area contributed by atoms with Crippen molar-refractivity contribution >= 4 is 23.5 Å². The molecule has 3 aromatic rings. The highest BCUT2D eigenvalue weighted by Crippen LogP contribution is 2.41. The molecule has 1 saturated heterocycles. The molecule has 3 N–H and O–H groups in total. The van der Waals surface area contributed by atoms with Gasteiger partial charge in [-0.15, -0.1) is 0 Å². The highest BCUT2D eigenvalue weighted by molar-refractivity contribution is 5.98. The van der Waals surface area contributed by atoms with Crippen LogP contribution in [0.3, 0.4) is 0 Å². The van der Waals surface area contributed by atoms with Crippen molar-refractivity contribution in [1.29, 1.82) is 0 Å². The second-order valence-electron chi connectivity index (χ2n) is 12.4. The number of anilines is 1. The Hall–Kier alpha value is -4.21. The fourth-order valence-electron chi connectivity index (χ4n) is 7.24. The van der Waals surface area contributed by atoms with Gasteiger partial charge in [-0.25, -0.2) is 0 Å². The van der Waals surface area contributed by atoms with Crippen molar-refractivity contribution in [3.05, 3.63) is 94.5 Å². The zero-order valence-corrected chi connectivity index (χ0v) is 25.9. The molecule has 0 saturated carbocycles. The largest absolute Gasteiger partial charge is 0.493 e. The molecule has 0 unspecified atom stereocenters. The van der Waals surface area contributed by atoms with Gasteiger partial charge in [0.1, 0.15) is 5.75 Å². The number of ether oxygens (including phenoxy) is 1. The van der Waals surface area contributed by atoms with Gasteiger partial charge in [0.25, 0.3) is 5.91 Å². The van der Waals surface area contributed by atoms with E-state index in [0.29, 0.717) is 51.3 Å². The monoisotopic (exact) mass is 610 g/mol. The number of carboxylic acids is 1. The van der Waals surface area contributed by atoms with Crippen LogP contribution in [0.2, 0.25) is 0 Å². The molecule has 0 radical (unpaired) electrons. The first kappa shape index (κ1) is 30.8. The number of nitrogens with two attached hydrogens (primary N) is 1. The van der Waals surface area contributed by atoms with Crippen molar-refractivity contribution in [3.63, 3.8) is 0 Å². The van der Waals surface area contributed by atoms with E-state index in [9.17, 15) is 19.5 Å². The van der Waals surface area contributed by atoms with Gasteiger partial charge in [0, 0.05) is 62.4 Å². The highest BCUT2D eigenvalue weighted by atomic mass is 16.5.